The summed E-state index contributed by atoms with van der Waals surface area (Å²) in [6, 6.07) is 17.2. The van der Waals surface area contributed by atoms with Gasteiger partial charge in [0.1, 0.15) is 6.54 Å². The lowest BCUT2D eigenvalue weighted by molar-refractivity contribution is -0.131. The van der Waals surface area contributed by atoms with Gasteiger partial charge in [-0.3, -0.25) is 14.5 Å². The highest BCUT2D eigenvalue weighted by atomic mass is 32.1. The fraction of sp³-hybridized carbons (Fsp3) is 0.182. The van der Waals surface area contributed by atoms with Gasteiger partial charge in [-0.25, -0.2) is 0 Å². The van der Waals surface area contributed by atoms with Crippen LogP contribution in [0.25, 0.3) is 11.4 Å². The first-order chi connectivity index (χ1) is 14.0. The molecule has 2 aromatic carbocycles. The highest BCUT2D eigenvalue weighted by molar-refractivity contribution is 7.71. The van der Waals surface area contributed by atoms with E-state index in [2.05, 4.69) is 22.8 Å². The fourth-order valence-corrected chi connectivity index (χ4v) is 3.22. The van der Waals surface area contributed by atoms with Crippen LogP contribution in [0.2, 0.25) is 0 Å². The molecule has 0 radical (unpaired) electrons. The number of carbonyl (C=O) groups excluding carboxylic acids is 1. The van der Waals surface area contributed by atoms with E-state index in [4.69, 9.17) is 17.5 Å². The summed E-state index contributed by atoms with van der Waals surface area (Å²) in [7, 11) is 0. The lowest BCUT2D eigenvalue weighted by Gasteiger charge is -2.22. The molecular formula is C22H21N5OS. The van der Waals surface area contributed by atoms with Crippen molar-refractivity contribution in [3.63, 3.8) is 0 Å². The molecule has 0 spiro atoms. The second-order valence-corrected chi connectivity index (χ2v) is 7.07. The van der Waals surface area contributed by atoms with Crippen LogP contribution in [0.5, 0.6) is 0 Å². The van der Waals surface area contributed by atoms with Crippen molar-refractivity contribution in [1.82, 2.24) is 19.7 Å². The summed E-state index contributed by atoms with van der Waals surface area (Å²) in [6.45, 7) is 6.66. The van der Waals surface area contributed by atoms with Crippen molar-refractivity contribution >= 4 is 18.1 Å². The van der Waals surface area contributed by atoms with E-state index in [1.54, 1.807) is 27.7 Å². The second-order valence-electron chi connectivity index (χ2n) is 6.68. The Kier molecular flexibility index (Phi) is 6.37. The Balaban J connectivity index is 1.83. The molecule has 0 saturated carbocycles. The van der Waals surface area contributed by atoms with Crippen LogP contribution in [0.3, 0.4) is 0 Å². The minimum Gasteiger partial charge on any atom is -0.333 e. The predicted molar refractivity (Wildman–Crippen MR) is 114 cm³/mol. The number of nitriles is 1. The van der Waals surface area contributed by atoms with Crippen molar-refractivity contribution in [2.45, 2.75) is 20.0 Å². The van der Waals surface area contributed by atoms with E-state index in [1.807, 2.05) is 43.3 Å². The zero-order valence-corrected chi connectivity index (χ0v) is 16.9. The van der Waals surface area contributed by atoms with Gasteiger partial charge < -0.3 is 4.90 Å². The van der Waals surface area contributed by atoms with E-state index in [0.29, 0.717) is 29.2 Å². The smallest absolute Gasteiger partial charge is 0.243 e. The van der Waals surface area contributed by atoms with Crippen LogP contribution >= 0.6 is 12.2 Å². The van der Waals surface area contributed by atoms with E-state index in [0.717, 1.165) is 16.7 Å². The van der Waals surface area contributed by atoms with E-state index < -0.39 is 0 Å². The number of aryl methyl sites for hydroxylation is 1. The fourth-order valence-electron chi connectivity index (χ4n) is 3.02. The number of hydrogen-bond donors (Lipinski definition) is 1. The molecule has 1 N–H and O–H groups in total. The Morgan fingerprint density at radius 3 is 2.76 bits per heavy atom. The van der Waals surface area contributed by atoms with Gasteiger partial charge in [-0.1, -0.05) is 42.0 Å². The maximum atomic E-state index is 13.0. The highest BCUT2D eigenvalue weighted by Crippen LogP contribution is 2.19. The molecule has 6 nitrogen and oxygen atoms in total. The molecular weight excluding hydrogens is 382 g/mol. The number of benzene rings is 2. The van der Waals surface area contributed by atoms with Gasteiger partial charge in [0.15, 0.2) is 10.6 Å². The number of aromatic amines is 1. The summed E-state index contributed by atoms with van der Waals surface area (Å²) in [6.07, 6.45) is 1.69. The molecule has 0 bridgehead atoms. The average molecular weight is 404 g/mol. The topological polar surface area (TPSA) is 77.7 Å². The van der Waals surface area contributed by atoms with Gasteiger partial charge in [-0.15, -0.1) is 6.58 Å². The molecule has 0 aliphatic carbocycles. The van der Waals surface area contributed by atoms with Crippen LogP contribution in [0.1, 0.15) is 16.7 Å². The summed E-state index contributed by atoms with van der Waals surface area (Å²) in [5.41, 5.74) is 3.52. The van der Waals surface area contributed by atoms with E-state index >= 15 is 0 Å². The quantitative estimate of drug-likeness (QED) is 0.478. The molecule has 146 valence electrons. The number of rotatable bonds is 7. The maximum absolute atomic E-state index is 13.0. The van der Waals surface area contributed by atoms with Gasteiger partial charge in [0.25, 0.3) is 0 Å². The molecule has 7 heteroatoms. The lowest BCUT2D eigenvalue weighted by Crippen LogP contribution is -2.33. The van der Waals surface area contributed by atoms with Gasteiger partial charge in [0.05, 0.1) is 11.6 Å². The minimum atomic E-state index is -0.0966. The van der Waals surface area contributed by atoms with Crippen LogP contribution < -0.4 is 0 Å². The Labute approximate surface area is 174 Å². The van der Waals surface area contributed by atoms with Crippen LogP contribution in [-0.2, 0) is 17.9 Å². The van der Waals surface area contributed by atoms with Crippen molar-refractivity contribution in [3.05, 3.63) is 82.6 Å². The zero-order chi connectivity index (χ0) is 20.8. The minimum absolute atomic E-state index is 0.0722. The largest absolute Gasteiger partial charge is 0.333 e. The molecule has 0 aliphatic heterocycles. The van der Waals surface area contributed by atoms with Crippen molar-refractivity contribution < 1.29 is 4.79 Å². The third kappa shape index (κ3) is 4.86. The molecule has 0 fully saturated rings. The summed E-state index contributed by atoms with van der Waals surface area (Å²) < 4.78 is 2.10. The molecule has 1 aromatic heterocycles. The first kappa shape index (κ1) is 20.2. The Morgan fingerprint density at radius 2 is 2.10 bits per heavy atom. The summed E-state index contributed by atoms with van der Waals surface area (Å²) in [4.78, 5) is 14.7. The molecule has 1 heterocycles. The average Bonchev–Trinajstić information content (AvgIpc) is 3.08. The zero-order valence-electron chi connectivity index (χ0n) is 16.1. The monoisotopic (exact) mass is 403 g/mol. The van der Waals surface area contributed by atoms with Crippen LogP contribution in [-0.4, -0.2) is 32.1 Å². The van der Waals surface area contributed by atoms with E-state index in [1.165, 1.54) is 0 Å². The second kappa shape index (κ2) is 9.13. The van der Waals surface area contributed by atoms with Gasteiger partial charge in [0, 0.05) is 18.7 Å². The molecule has 0 atom stereocenters. The van der Waals surface area contributed by atoms with Crippen molar-refractivity contribution in [1.29, 1.82) is 5.26 Å². The predicted octanol–water partition coefficient (Wildman–Crippen LogP) is 4.00. The number of nitrogens with one attached hydrogen (secondary N) is 1. The Morgan fingerprint density at radius 1 is 1.34 bits per heavy atom. The van der Waals surface area contributed by atoms with Crippen molar-refractivity contribution in [2.75, 3.05) is 6.54 Å². The third-order valence-corrected chi connectivity index (χ3v) is 4.80. The van der Waals surface area contributed by atoms with Gasteiger partial charge in [0.2, 0.25) is 5.91 Å². The number of aromatic nitrogens is 3. The highest BCUT2D eigenvalue weighted by Gasteiger charge is 2.17. The van der Waals surface area contributed by atoms with Crippen LogP contribution in [0.15, 0.2) is 61.2 Å². The van der Waals surface area contributed by atoms with Crippen molar-refractivity contribution in [3.8, 4) is 17.5 Å². The van der Waals surface area contributed by atoms with E-state index in [-0.39, 0.29) is 12.5 Å². The maximum Gasteiger partial charge on any atom is 0.243 e. The number of nitrogens with zero attached hydrogens (tertiary/aromatic N) is 4. The number of carbonyl (C=O) groups is 1. The van der Waals surface area contributed by atoms with Crippen LogP contribution in [0, 0.1) is 23.0 Å². The standard InChI is InChI=1S/C22H21N5OS/c1-3-11-26(14-18-9-7-17(13-23)8-10-18)20(28)15-27-21(24-25-22(27)29)19-6-4-5-16(2)12-19/h3-10,12H,1,11,14-15H2,2H3,(H,25,29). The summed E-state index contributed by atoms with van der Waals surface area (Å²) >= 11 is 5.36. The molecule has 3 aromatic rings. The van der Waals surface area contributed by atoms with Gasteiger partial charge >= 0.3 is 0 Å². The summed E-state index contributed by atoms with van der Waals surface area (Å²) in [5.74, 6) is 0.532. The Bertz CT molecular complexity index is 1120. The lowest BCUT2D eigenvalue weighted by atomic mass is 10.1. The van der Waals surface area contributed by atoms with Crippen molar-refractivity contribution in [2.24, 2.45) is 0 Å². The third-order valence-electron chi connectivity index (χ3n) is 4.49. The first-order valence-corrected chi connectivity index (χ1v) is 9.52. The number of hydrogen-bond acceptors (Lipinski definition) is 4. The van der Waals surface area contributed by atoms with Gasteiger partial charge in [-0.2, -0.15) is 10.4 Å². The SMILES string of the molecule is C=CCN(Cc1ccc(C#N)cc1)C(=O)Cn1c(-c2cccc(C)c2)n[nH]c1=S. The first-order valence-electron chi connectivity index (χ1n) is 9.11. The Hall–Kier alpha value is -3.50. The number of H-pyrrole nitrogens is 1. The summed E-state index contributed by atoms with van der Waals surface area (Å²) in [5, 5.41) is 16.0. The normalized spacial score (nSPS) is 10.3. The molecule has 29 heavy (non-hydrogen) atoms. The van der Waals surface area contributed by atoms with Gasteiger partial charge in [-0.05, 0) is 42.9 Å². The van der Waals surface area contributed by atoms with Crippen LogP contribution in [0.4, 0.5) is 0 Å². The molecule has 0 saturated heterocycles. The van der Waals surface area contributed by atoms with E-state index in [9.17, 15) is 4.79 Å². The molecule has 0 unspecified atom stereocenters. The number of amides is 1. The molecule has 1 amide bonds. The molecule has 0 aliphatic rings. The molecule has 3 rings (SSSR count).